The number of alkyl halides is 3. The third-order valence-corrected chi connectivity index (χ3v) is 3.05. The van der Waals surface area contributed by atoms with Gasteiger partial charge in [-0.3, -0.25) is 4.79 Å². The summed E-state index contributed by atoms with van der Waals surface area (Å²) in [5.74, 6) is -0.375. The molecule has 0 heterocycles. The summed E-state index contributed by atoms with van der Waals surface area (Å²) in [4.78, 5) is 11.5. The van der Waals surface area contributed by atoms with E-state index in [0.717, 1.165) is 6.42 Å². The van der Waals surface area contributed by atoms with Crippen molar-refractivity contribution in [2.24, 2.45) is 11.3 Å². The molecule has 0 N–H and O–H groups in total. The Morgan fingerprint density at radius 1 is 1.53 bits per heavy atom. The molecule has 2 nitrogen and oxygen atoms in total. The number of hydrogen-bond acceptors (Lipinski definition) is 2. The Bertz CT molecular complexity index is 308. The van der Waals surface area contributed by atoms with Gasteiger partial charge < -0.3 is 4.74 Å². The summed E-state index contributed by atoms with van der Waals surface area (Å²) >= 11 is 0. The van der Waals surface area contributed by atoms with Gasteiger partial charge in [-0.05, 0) is 25.2 Å². The predicted octanol–water partition coefficient (Wildman–Crippen LogP) is 2.45. The van der Waals surface area contributed by atoms with Gasteiger partial charge in [0.25, 0.3) is 0 Å². The van der Waals surface area contributed by atoms with Gasteiger partial charge in [0.05, 0.1) is 5.41 Å². The molecule has 1 fully saturated rings. The average molecular weight is 220 g/mol. The first kappa shape index (κ1) is 10.5. The first-order valence-electron chi connectivity index (χ1n) is 4.85. The molecule has 0 aliphatic heterocycles. The summed E-state index contributed by atoms with van der Waals surface area (Å²) in [5, 5.41) is 0. The van der Waals surface area contributed by atoms with Crippen LogP contribution in [0.2, 0.25) is 0 Å². The zero-order valence-corrected chi connectivity index (χ0v) is 8.01. The van der Waals surface area contributed by atoms with Crippen molar-refractivity contribution in [3.05, 3.63) is 12.2 Å². The maximum Gasteiger partial charge on any atom is 0.422 e. The smallest absolute Gasteiger partial charge is 0.422 e. The molecule has 2 unspecified atom stereocenters. The highest BCUT2D eigenvalue weighted by Gasteiger charge is 2.48. The fourth-order valence-electron chi connectivity index (χ4n) is 2.30. The number of allylic oxidation sites excluding steroid dienone is 1. The van der Waals surface area contributed by atoms with E-state index in [4.69, 9.17) is 0 Å². The molecule has 2 atom stereocenters. The van der Waals surface area contributed by atoms with E-state index in [-0.39, 0.29) is 0 Å². The number of ether oxygens (including phenoxy) is 1. The maximum absolute atomic E-state index is 11.8. The molecule has 0 aromatic carbocycles. The van der Waals surface area contributed by atoms with Crippen LogP contribution in [0.5, 0.6) is 0 Å². The molecule has 84 valence electrons. The average Bonchev–Trinajstić information content (AvgIpc) is 2.73. The number of carbonyl (C=O) groups excluding carboxylic acids is 1. The molecule has 0 saturated heterocycles. The lowest BCUT2D eigenvalue weighted by Gasteiger charge is -2.21. The molecule has 15 heavy (non-hydrogen) atoms. The van der Waals surface area contributed by atoms with Crippen LogP contribution < -0.4 is 0 Å². The van der Waals surface area contributed by atoms with Crippen LogP contribution in [0.25, 0.3) is 0 Å². The molecule has 0 aromatic heterocycles. The van der Waals surface area contributed by atoms with Gasteiger partial charge in [-0.15, -0.1) is 0 Å². The van der Waals surface area contributed by atoms with Crippen molar-refractivity contribution in [1.29, 1.82) is 0 Å². The van der Waals surface area contributed by atoms with Crippen LogP contribution in [0.4, 0.5) is 13.2 Å². The minimum atomic E-state index is -4.44. The summed E-state index contributed by atoms with van der Waals surface area (Å²) in [6.45, 7) is -1.48. The Morgan fingerprint density at radius 3 is 2.67 bits per heavy atom. The van der Waals surface area contributed by atoms with E-state index in [1.807, 2.05) is 6.08 Å². The lowest BCUT2D eigenvalue weighted by Crippen LogP contribution is -2.30. The number of fused-ring (bicyclic) bond motifs is 2. The first-order chi connectivity index (χ1) is 6.91. The summed E-state index contributed by atoms with van der Waals surface area (Å²) in [5.41, 5.74) is -0.754. The van der Waals surface area contributed by atoms with Crippen LogP contribution in [-0.2, 0) is 9.53 Å². The standard InChI is InChI=1S/C10H11F3O2/c11-10(12,13)6-15-8(14)9-3-1-7(5-9)2-4-9/h1,3,7H,2,4-6H2. The third-order valence-electron chi connectivity index (χ3n) is 3.05. The molecule has 0 amide bonds. The lowest BCUT2D eigenvalue weighted by molar-refractivity contribution is -0.191. The summed E-state index contributed by atoms with van der Waals surface area (Å²) in [7, 11) is 0. The van der Waals surface area contributed by atoms with Gasteiger partial charge >= 0.3 is 12.1 Å². The molecule has 0 aromatic rings. The van der Waals surface area contributed by atoms with E-state index < -0.39 is 24.2 Å². The minimum Gasteiger partial charge on any atom is -0.455 e. The van der Waals surface area contributed by atoms with E-state index in [0.29, 0.717) is 18.8 Å². The number of rotatable bonds is 2. The summed E-state index contributed by atoms with van der Waals surface area (Å²) in [6, 6.07) is 0. The maximum atomic E-state index is 11.8. The fraction of sp³-hybridized carbons (Fsp3) is 0.700. The molecule has 2 bridgehead atoms. The Labute approximate surface area is 85.1 Å². The van der Waals surface area contributed by atoms with Gasteiger partial charge in [0.15, 0.2) is 6.61 Å². The number of carbonyl (C=O) groups is 1. The van der Waals surface area contributed by atoms with Gasteiger partial charge in [-0.1, -0.05) is 12.2 Å². The Kier molecular flexibility index (Phi) is 2.28. The number of hydrogen-bond donors (Lipinski definition) is 0. The van der Waals surface area contributed by atoms with Gasteiger partial charge in [0.1, 0.15) is 0 Å². The molecule has 5 heteroatoms. The minimum absolute atomic E-state index is 0.350. The zero-order chi connectivity index (χ0) is 11.1. The molecule has 0 spiro atoms. The van der Waals surface area contributed by atoms with Crippen molar-refractivity contribution in [2.45, 2.75) is 25.4 Å². The Balaban J connectivity index is 1.94. The van der Waals surface area contributed by atoms with E-state index in [1.165, 1.54) is 0 Å². The summed E-state index contributed by atoms with van der Waals surface area (Å²) < 4.78 is 39.8. The van der Waals surface area contributed by atoms with E-state index >= 15 is 0 Å². The highest BCUT2D eigenvalue weighted by atomic mass is 19.4. The quantitative estimate of drug-likeness (QED) is 0.527. The second-order valence-corrected chi connectivity index (χ2v) is 4.21. The number of esters is 1. The summed E-state index contributed by atoms with van der Waals surface area (Å²) in [6.07, 6.45) is 1.27. The van der Waals surface area contributed by atoms with Crippen molar-refractivity contribution in [2.75, 3.05) is 6.61 Å². The van der Waals surface area contributed by atoms with Crippen LogP contribution in [-0.4, -0.2) is 18.8 Å². The lowest BCUT2D eigenvalue weighted by atomic mass is 9.88. The van der Waals surface area contributed by atoms with Crippen LogP contribution in [0.15, 0.2) is 12.2 Å². The third kappa shape index (κ3) is 2.01. The fourth-order valence-corrected chi connectivity index (χ4v) is 2.30. The Morgan fingerprint density at radius 2 is 2.27 bits per heavy atom. The molecular formula is C10H11F3O2. The van der Waals surface area contributed by atoms with Gasteiger partial charge in [0.2, 0.25) is 0 Å². The van der Waals surface area contributed by atoms with E-state index in [9.17, 15) is 18.0 Å². The van der Waals surface area contributed by atoms with Crippen LogP contribution in [0.3, 0.4) is 0 Å². The molecule has 2 aliphatic carbocycles. The van der Waals surface area contributed by atoms with Gasteiger partial charge in [-0.2, -0.15) is 13.2 Å². The largest absolute Gasteiger partial charge is 0.455 e. The highest BCUT2D eigenvalue weighted by molar-refractivity contribution is 5.80. The molecule has 0 radical (unpaired) electrons. The zero-order valence-electron chi connectivity index (χ0n) is 8.01. The van der Waals surface area contributed by atoms with Crippen molar-refractivity contribution in [3.63, 3.8) is 0 Å². The van der Waals surface area contributed by atoms with Gasteiger partial charge in [-0.25, -0.2) is 0 Å². The SMILES string of the molecule is O=C(OCC(F)(F)F)C12C=CC(CC1)C2. The van der Waals surface area contributed by atoms with Crippen molar-refractivity contribution < 1.29 is 22.7 Å². The van der Waals surface area contributed by atoms with Crippen molar-refractivity contribution in [3.8, 4) is 0 Å². The number of halogens is 3. The Hall–Kier alpha value is -1.00. The second kappa shape index (κ2) is 3.25. The van der Waals surface area contributed by atoms with Gasteiger partial charge in [0, 0.05) is 0 Å². The van der Waals surface area contributed by atoms with E-state index in [1.54, 1.807) is 6.08 Å². The topological polar surface area (TPSA) is 26.3 Å². The molecule has 1 saturated carbocycles. The molecule has 2 rings (SSSR count). The van der Waals surface area contributed by atoms with Crippen LogP contribution in [0.1, 0.15) is 19.3 Å². The monoisotopic (exact) mass is 220 g/mol. The molecular weight excluding hydrogens is 209 g/mol. The predicted molar refractivity (Wildman–Crippen MR) is 45.9 cm³/mol. The normalized spacial score (nSPS) is 33.4. The first-order valence-corrected chi connectivity index (χ1v) is 4.85. The van der Waals surface area contributed by atoms with Crippen molar-refractivity contribution >= 4 is 5.97 Å². The van der Waals surface area contributed by atoms with Crippen LogP contribution in [0, 0.1) is 11.3 Å². The highest BCUT2D eigenvalue weighted by Crippen LogP contribution is 2.49. The van der Waals surface area contributed by atoms with Crippen molar-refractivity contribution in [1.82, 2.24) is 0 Å². The molecule has 2 aliphatic rings. The van der Waals surface area contributed by atoms with E-state index in [2.05, 4.69) is 4.74 Å². The van der Waals surface area contributed by atoms with Crippen LogP contribution >= 0.6 is 0 Å². The second-order valence-electron chi connectivity index (χ2n) is 4.21.